The Labute approximate surface area is 72.2 Å². The molecule has 2 aliphatic heterocycles. The topological polar surface area (TPSA) is 48.8 Å². The summed E-state index contributed by atoms with van der Waals surface area (Å²) in [6, 6.07) is 0. The molecule has 0 bridgehead atoms. The molecule has 0 fully saturated rings. The fourth-order valence-electron chi connectivity index (χ4n) is 1.42. The van der Waals surface area contributed by atoms with Gasteiger partial charge in [0, 0.05) is 26.2 Å². The van der Waals surface area contributed by atoms with E-state index < -0.39 is 0 Å². The van der Waals surface area contributed by atoms with E-state index in [4.69, 9.17) is 0 Å². The van der Waals surface area contributed by atoms with Gasteiger partial charge in [-0.1, -0.05) is 0 Å². The Balaban J connectivity index is 2.06. The van der Waals surface area contributed by atoms with Gasteiger partial charge in [0.2, 0.25) is 0 Å². The molecule has 0 aromatic heterocycles. The highest BCUT2D eigenvalue weighted by molar-refractivity contribution is 6.42. The summed E-state index contributed by atoms with van der Waals surface area (Å²) in [4.78, 5) is 8.80. The molecule has 0 saturated heterocycles. The summed E-state index contributed by atoms with van der Waals surface area (Å²) < 4.78 is 0. The standard InChI is InChI=1S/C8H14N4/c1-2-11-8(12-3-1)7-6-9-4-5-10-7/h9H,1-6H2,(H,11,12). The molecule has 0 aromatic carbocycles. The summed E-state index contributed by atoms with van der Waals surface area (Å²) >= 11 is 0. The van der Waals surface area contributed by atoms with Crippen molar-refractivity contribution in [2.45, 2.75) is 6.42 Å². The molecule has 2 N–H and O–H groups in total. The number of aliphatic imine (C=N–C) groups is 2. The Morgan fingerprint density at radius 3 is 2.75 bits per heavy atom. The molecule has 12 heavy (non-hydrogen) atoms. The third-order valence-corrected chi connectivity index (χ3v) is 2.05. The Morgan fingerprint density at radius 1 is 1.08 bits per heavy atom. The van der Waals surface area contributed by atoms with E-state index in [9.17, 15) is 0 Å². The normalized spacial score (nSPS) is 24.0. The minimum absolute atomic E-state index is 0.867. The summed E-state index contributed by atoms with van der Waals surface area (Å²) in [5.41, 5.74) is 1.10. The first-order valence-corrected chi connectivity index (χ1v) is 4.49. The van der Waals surface area contributed by atoms with E-state index in [0.29, 0.717) is 0 Å². The van der Waals surface area contributed by atoms with E-state index in [1.165, 1.54) is 0 Å². The summed E-state index contributed by atoms with van der Waals surface area (Å²) in [6.45, 7) is 4.73. The predicted molar refractivity (Wildman–Crippen MR) is 50.1 cm³/mol. The maximum Gasteiger partial charge on any atom is 0.143 e. The van der Waals surface area contributed by atoms with E-state index in [2.05, 4.69) is 20.6 Å². The van der Waals surface area contributed by atoms with E-state index >= 15 is 0 Å². The molecule has 0 atom stereocenters. The highest BCUT2D eigenvalue weighted by Gasteiger charge is 2.12. The molecule has 0 unspecified atom stereocenters. The van der Waals surface area contributed by atoms with Crippen LogP contribution in [-0.2, 0) is 0 Å². The smallest absolute Gasteiger partial charge is 0.143 e. The highest BCUT2D eigenvalue weighted by atomic mass is 15.1. The van der Waals surface area contributed by atoms with Crippen LogP contribution in [0.3, 0.4) is 0 Å². The van der Waals surface area contributed by atoms with Gasteiger partial charge >= 0.3 is 0 Å². The molecule has 4 nitrogen and oxygen atoms in total. The van der Waals surface area contributed by atoms with Crippen molar-refractivity contribution < 1.29 is 0 Å². The molecule has 0 radical (unpaired) electrons. The number of nitrogens with zero attached hydrogens (tertiary/aromatic N) is 2. The zero-order valence-corrected chi connectivity index (χ0v) is 7.14. The van der Waals surface area contributed by atoms with Crippen LogP contribution < -0.4 is 10.6 Å². The van der Waals surface area contributed by atoms with E-state index in [1.54, 1.807) is 0 Å². The van der Waals surface area contributed by atoms with Gasteiger partial charge in [-0.3, -0.25) is 9.98 Å². The molecule has 4 heteroatoms. The van der Waals surface area contributed by atoms with Crippen LogP contribution in [0.1, 0.15) is 6.42 Å². The van der Waals surface area contributed by atoms with Crippen LogP contribution in [0.4, 0.5) is 0 Å². The number of hydrogen-bond donors (Lipinski definition) is 2. The number of rotatable bonds is 1. The number of amidine groups is 1. The summed E-state index contributed by atoms with van der Waals surface area (Å²) in [5.74, 6) is 1.01. The lowest BCUT2D eigenvalue weighted by atomic mass is 10.2. The second-order valence-corrected chi connectivity index (χ2v) is 3.02. The van der Waals surface area contributed by atoms with Crippen LogP contribution >= 0.6 is 0 Å². The molecule has 2 aliphatic rings. The molecule has 0 spiro atoms. The maximum atomic E-state index is 4.41. The molecule has 2 heterocycles. The Morgan fingerprint density at radius 2 is 2.08 bits per heavy atom. The Hall–Kier alpha value is -0.900. The van der Waals surface area contributed by atoms with Crippen LogP contribution in [-0.4, -0.2) is 44.3 Å². The first-order valence-electron chi connectivity index (χ1n) is 4.49. The lowest BCUT2D eigenvalue weighted by molar-refractivity contribution is 0.722. The average Bonchev–Trinajstić information content (AvgIpc) is 2.21. The van der Waals surface area contributed by atoms with Gasteiger partial charge in [0.1, 0.15) is 5.84 Å². The predicted octanol–water partition coefficient (Wildman–Crippen LogP) is -0.578. The number of hydrogen-bond acceptors (Lipinski definition) is 4. The van der Waals surface area contributed by atoms with E-state index in [0.717, 1.165) is 50.7 Å². The van der Waals surface area contributed by atoms with Crippen molar-refractivity contribution in [3.05, 3.63) is 0 Å². The summed E-state index contributed by atoms with van der Waals surface area (Å²) in [6.07, 6.45) is 1.14. The lowest BCUT2D eigenvalue weighted by Crippen LogP contribution is -2.43. The van der Waals surface area contributed by atoms with Gasteiger partial charge in [0.25, 0.3) is 0 Å². The minimum atomic E-state index is 0.867. The van der Waals surface area contributed by atoms with Crippen molar-refractivity contribution in [2.24, 2.45) is 9.98 Å². The molecule has 0 amide bonds. The van der Waals surface area contributed by atoms with Crippen molar-refractivity contribution in [2.75, 3.05) is 32.7 Å². The summed E-state index contributed by atoms with van der Waals surface area (Å²) in [7, 11) is 0. The first-order chi connectivity index (χ1) is 5.97. The zero-order chi connectivity index (χ0) is 8.23. The van der Waals surface area contributed by atoms with Crippen molar-refractivity contribution >= 4 is 11.5 Å². The fraction of sp³-hybridized carbons (Fsp3) is 0.750. The molecule has 0 aliphatic carbocycles. The zero-order valence-electron chi connectivity index (χ0n) is 7.14. The largest absolute Gasteiger partial charge is 0.369 e. The van der Waals surface area contributed by atoms with Crippen molar-refractivity contribution in [1.29, 1.82) is 0 Å². The van der Waals surface area contributed by atoms with Gasteiger partial charge in [-0.05, 0) is 6.42 Å². The minimum Gasteiger partial charge on any atom is -0.369 e. The third-order valence-electron chi connectivity index (χ3n) is 2.05. The first kappa shape index (κ1) is 7.73. The van der Waals surface area contributed by atoms with Gasteiger partial charge in [-0.2, -0.15) is 0 Å². The molecule has 66 valence electrons. The van der Waals surface area contributed by atoms with E-state index in [1.807, 2.05) is 0 Å². The highest BCUT2D eigenvalue weighted by Crippen LogP contribution is 1.94. The van der Waals surface area contributed by atoms with Crippen LogP contribution in [0.5, 0.6) is 0 Å². The van der Waals surface area contributed by atoms with Crippen molar-refractivity contribution in [3.63, 3.8) is 0 Å². The van der Waals surface area contributed by atoms with Crippen molar-refractivity contribution in [3.8, 4) is 0 Å². The second-order valence-electron chi connectivity index (χ2n) is 3.02. The summed E-state index contributed by atoms with van der Waals surface area (Å²) in [5, 5.41) is 6.55. The van der Waals surface area contributed by atoms with Gasteiger partial charge < -0.3 is 10.6 Å². The van der Waals surface area contributed by atoms with Gasteiger partial charge in [-0.15, -0.1) is 0 Å². The monoisotopic (exact) mass is 166 g/mol. The van der Waals surface area contributed by atoms with Gasteiger partial charge in [0.05, 0.1) is 12.3 Å². The molecular formula is C8H14N4. The molecule has 0 aromatic rings. The van der Waals surface area contributed by atoms with E-state index in [-0.39, 0.29) is 0 Å². The SMILES string of the molecule is C1CN=C(C2=NCCNC2)NC1. The third kappa shape index (κ3) is 1.64. The quantitative estimate of drug-likeness (QED) is 0.547. The molecule has 0 saturated carbocycles. The molecular weight excluding hydrogens is 152 g/mol. The number of nitrogens with one attached hydrogen (secondary N) is 2. The van der Waals surface area contributed by atoms with Crippen LogP contribution in [0.2, 0.25) is 0 Å². The second kappa shape index (κ2) is 3.67. The fourth-order valence-corrected chi connectivity index (χ4v) is 1.42. The van der Waals surface area contributed by atoms with Crippen LogP contribution in [0.25, 0.3) is 0 Å². The Kier molecular flexibility index (Phi) is 2.36. The maximum absolute atomic E-state index is 4.41. The van der Waals surface area contributed by atoms with Crippen molar-refractivity contribution in [1.82, 2.24) is 10.6 Å². The molecule has 2 rings (SSSR count). The lowest BCUT2D eigenvalue weighted by Gasteiger charge is -2.19. The van der Waals surface area contributed by atoms with Crippen LogP contribution in [0, 0.1) is 0 Å². The van der Waals surface area contributed by atoms with Crippen LogP contribution in [0.15, 0.2) is 9.98 Å². The Bertz CT molecular complexity index is 195. The average molecular weight is 166 g/mol. The van der Waals surface area contributed by atoms with Gasteiger partial charge in [0.15, 0.2) is 0 Å². The van der Waals surface area contributed by atoms with Gasteiger partial charge in [-0.25, -0.2) is 0 Å².